The van der Waals surface area contributed by atoms with E-state index in [4.69, 9.17) is 0 Å². The smallest absolute Gasteiger partial charge is 0.250 e. The van der Waals surface area contributed by atoms with Gasteiger partial charge < -0.3 is 20.4 Å². The van der Waals surface area contributed by atoms with Crippen LogP contribution in [0.2, 0.25) is 0 Å². The van der Waals surface area contributed by atoms with Gasteiger partial charge in [0.1, 0.15) is 17.3 Å². The number of hydrogen-bond acceptors (Lipinski definition) is 9. The third-order valence-corrected chi connectivity index (χ3v) is 3.51. The van der Waals surface area contributed by atoms with E-state index < -0.39 is 0 Å². The molecule has 0 spiro atoms. The van der Waals surface area contributed by atoms with Crippen molar-refractivity contribution >= 4 is 29.7 Å². The van der Waals surface area contributed by atoms with Gasteiger partial charge in [0.15, 0.2) is 0 Å². The van der Waals surface area contributed by atoms with E-state index in [1.165, 1.54) is 36.5 Å². The van der Waals surface area contributed by atoms with Gasteiger partial charge in [-0.3, -0.25) is 0 Å². The molecular formula is C18H18FN7O2. The molecule has 9 nitrogen and oxygen atoms in total. The number of aromatic nitrogens is 3. The van der Waals surface area contributed by atoms with Crippen LogP contribution in [0.3, 0.4) is 0 Å². The number of benzene rings is 2. The molecule has 10 heteroatoms. The van der Waals surface area contributed by atoms with Crippen LogP contribution in [0.4, 0.5) is 27.9 Å². The SMILES string of the molecule is CN(C)c1nc(NN=Cc2ccc(O)cc2O)nc(Nc2ccc(F)cc2)n1. The highest BCUT2D eigenvalue weighted by molar-refractivity contribution is 5.84. The normalized spacial score (nSPS) is 10.8. The molecule has 1 aromatic heterocycles. The van der Waals surface area contributed by atoms with Crippen molar-refractivity contribution in [1.29, 1.82) is 0 Å². The van der Waals surface area contributed by atoms with E-state index in [-0.39, 0.29) is 29.2 Å². The molecule has 0 fully saturated rings. The zero-order valence-electron chi connectivity index (χ0n) is 15.1. The Balaban J connectivity index is 1.80. The van der Waals surface area contributed by atoms with E-state index in [1.807, 2.05) is 0 Å². The topological polar surface area (TPSA) is 119 Å². The Bertz CT molecular complexity index is 994. The highest BCUT2D eigenvalue weighted by Crippen LogP contribution is 2.21. The summed E-state index contributed by atoms with van der Waals surface area (Å²) in [6.07, 6.45) is 1.36. The summed E-state index contributed by atoms with van der Waals surface area (Å²) in [5.41, 5.74) is 3.68. The molecule has 3 rings (SSSR count). The second kappa shape index (κ2) is 8.16. The Kier molecular flexibility index (Phi) is 5.49. The van der Waals surface area contributed by atoms with E-state index in [0.29, 0.717) is 17.2 Å². The Morgan fingerprint density at radius 3 is 2.39 bits per heavy atom. The fourth-order valence-corrected chi connectivity index (χ4v) is 2.13. The van der Waals surface area contributed by atoms with E-state index in [1.54, 1.807) is 31.1 Å². The van der Waals surface area contributed by atoms with Crippen LogP contribution >= 0.6 is 0 Å². The first-order chi connectivity index (χ1) is 13.4. The van der Waals surface area contributed by atoms with Gasteiger partial charge in [0.2, 0.25) is 17.8 Å². The number of phenols is 2. The molecular weight excluding hydrogens is 365 g/mol. The summed E-state index contributed by atoms with van der Waals surface area (Å²) in [6, 6.07) is 9.92. The summed E-state index contributed by atoms with van der Waals surface area (Å²) in [7, 11) is 3.55. The van der Waals surface area contributed by atoms with E-state index in [2.05, 4.69) is 30.8 Å². The zero-order chi connectivity index (χ0) is 20.1. The lowest BCUT2D eigenvalue weighted by Gasteiger charge is -2.13. The number of hydrazone groups is 1. The Hall–Kier alpha value is -3.95. The van der Waals surface area contributed by atoms with Crippen molar-refractivity contribution in [2.75, 3.05) is 29.7 Å². The first-order valence-corrected chi connectivity index (χ1v) is 8.18. The van der Waals surface area contributed by atoms with Gasteiger partial charge in [-0.15, -0.1) is 0 Å². The van der Waals surface area contributed by atoms with Gasteiger partial charge in [0, 0.05) is 31.4 Å². The van der Waals surface area contributed by atoms with Crippen molar-refractivity contribution in [3.63, 3.8) is 0 Å². The van der Waals surface area contributed by atoms with Crippen LogP contribution in [0, 0.1) is 5.82 Å². The molecule has 28 heavy (non-hydrogen) atoms. The van der Waals surface area contributed by atoms with Crippen LogP contribution in [-0.2, 0) is 0 Å². The van der Waals surface area contributed by atoms with Gasteiger partial charge in [-0.05, 0) is 36.4 Å². The van der Waals surface area contributed by atoms with Crippen molar-refractivity contribution in [3.8, 4) is 11.5 Å². The molecule has 0 saturated carbocycles. The van der Waals surface area contributed by atoms with Gasteiger partial charge in [-0.1, -0.05) is 0 Å². The summed E-state index contributed by atoms with van der Waals surface area (Å²) >= 11 is 0. The number of halogens is 1. The summed E-state index contributed by atoms with van der Waals surface area (Å²) in [4.78, 5) is 14.4. The van der Waals surface area contributed by atoms with Gasteiger partial charge >= 0.3 is 0 Å². The summed E-state index contributed by atoms with van der Waals surface area (Å²) in [6.45, 7) is 0. The molecule has 0 saturated heterocycles. The lowest BCUT2D eigenvalue weighted by Crippen LogP contribution is -2.15. The van der Waals surface area contributed by atoms with E-state index in [9.17, 15) is 14.6 Å². The van der Waals surface area contributed by atoms with Gasteiger partial charge in [-0.2, -0.15) is 20.1 Å². The lowest BCUT2D eigenvalue weighted by atomic mass is 10.2. The molecule has 0 aliphatic rings. The average molecular weight is 383 g/mol. The van der Waals surface area contributed by atoms with E-state index >= 15 is 0 Å². The van der Waals surface area contributed by atoms with Crippen LogP contribution in [0.1, 0.15) is 5.56 Å². The van der Waals surface area contributed by atoms with Gasteiger partial charge in [-0.25, -0.2) is 9.82 Å². The highest BCUT2D eigenvalue weighted by atomic mass is 19.1. The van der Waals surface area contributed by atoms with Crippen molar-refractivity contribution in [2.45, 2.75) is 0 Å². The molecule has 0 aliphatic carbocycles. The predicted octanol–water partition coefficient (Wildman–Crippen LogP) is 2.68. The summed E-state index contributed by atoms with van der Waals surface area (Å²) in [5, 5.41) is 26.1. The largest absolute Gasteiger partial charge is 0.508 e. The molecule has 1 heterocycles. The molecule has 4 N–H and O–H groups in total. The maximum atomic E-state index is 13.1. The minimum absolute atomic E-state index is 0.0489. The fourth-order valence-electron chi connectivity index (χ4n) is 2.13. The number of rotatable bonds is 6. The van der Waals surface area contributed by atoms with Crippen molar-refractivity contribution in [1.82, 2.24) is 15.0 Å². The van der Waals surface area contributed by atoms with Crippen molar-refractivity contribution in [2.24, 2.45) is 5.10 Å². The monoisotopic (exact) mass is 383 g/mol. The van der Waals surface area contributed by atoms with Crippen LogP contribution in [0.25, 0.3) is 0 Å². The molecule has 0 aliphatic heterocycles. The predicted molar refractivity (Wildman–Crippen MR) is 105 cm³/mol. The first kappa shape index (κ1) is 18.8. The zero-order valence-corrected chi connectivity index (χ0v) is 15.1. The number of hydrogen-bond donors (Lipinski definition) is 4. The van der Waals surface area contributed by atoms with Crippen LogP contribution in [-0.4, -0.2) is 45.5 Å². The molecule has 0 radical (unpaired) electrons. The second-order valence-electron chi connectivity index (χ2n) is 5.92. The van der Waals surface area contributed by atoms with Crippen LogP contribution in [0.5, 0.6) is 11.5 Å². The lowest BCUT2D eigenvalue weighted by molar-refractivity contribution is 0.450. The maximum Gasteiger partial charge on any atom is 0.250 e. The van der Waals surface area contributed by atoms with Crippen molar-refractivity contribution < 1.29 is 14.6 Å². The van der Waals surface area contributed by atoms with Crippen LogP contribution in [0.15, 0.2) is 47.6 Å². The Morgan fingerprint density at radius 1 is 1.00 bits per heavy atom. The maximum absolute atomic E-state index is 13.1. The third kappa shape index (κ3) is 4.81. The Morgan fingerprint density at radius 2 is 1.71 bits per heavy atom. The van der Waals surface area contributed by atoms with Gasteiger partial charge in [0.05, 0.1) is 6.21 Å². The minimum Gasteiger partial charge on any atom is -0.508 e. The second-order valence-corrected chi connectivity index (χ2v) is 5.92. The highest BCUT2D eigenvalue weighted by Gasteiger charge is 2.08. The molecule has 0 unspecified atom stereocenters. The number of nitrogens with zero attached hydrogens (tertiary/aromatic N) is 5. The molecule has 0 amide bonds. The standard InChI is InChI=1S/C18H18FN7O2/c1-26(2)18-23-16(21-13-6-4-12(19)5-7-13)22-17(24-18)25-20-10-11-3-8-14(27)9-15(11)28/h3-10,27-28H,1-2H3,(H2,21,22,23,24,25). The van der Waals surface area contributed by atoms with Crippen LogP contribution < -0.4 is 15.6 Å². The van der Waals surface area contributed by atoms with Gasteiger partial charge in [0.25, 0.3) is 0 Å². The molecule has 3 aromatic rings. The first-order valence-electron chi connectivity index (χ1n) is 8.18. The van der Waals surface area contributed by atoms with Crippen molar-refractivity contribution in [3.05, 3.63) is 53.8 Å². The fraction of sp³-hybridized carbons (Fsp3) is 0.111. The number of nitrogens with one attached hydrogen (secondary N) is 2. The summed E-state index contributed by atoms with van der Waals surface area (Å²) < 4.78 is 13.1. The molecule has 0 bridgehead atoms. The number of anilines is 4. The molecule has 2 aromatic carbocycles. The summed E-state index contributed by atoms with van der Waals surface area (Å²) in [5.74, 6) is 0.281. The van der Waals surface area contributed by atoms with E-state index in [0.717, 1.165) is 0 Å². The Labute approximate surface area is 160 Å². The number of aromatic hydroxyl groups is 2. The minimum atomic E-state index is -0.343. The quantitative estimate of drug-likeness (QED) is 0.379. The molecule has 144 valence electrons. The molecule has 0 atom stereocenters. The third-order valence-electron chi connectivity index (χ3n) is 3.51. The number of phenolic OH excluding ortho intramolecular Hbond substituents is 2. The average Bonchev–Trinajstić information content (AvgIpc) is 2.65.